The third-order valence-corrected chi connectivity index (χ3v) is 3.01. The molecule has 1 heterocycles. The maximum atomic E-state index is 10.8. The van der Waals surface area contributed by atoms with Crippen LogP contribution in [0.25, 0.3) is 0 Å². The number of carbonyl (C=O) groups is 1. The van der Waals surface area contributed by atoms with Crippen molar-refractivity contribution in [2.24, 2.45) is 5.92 Å². The van der Waals surface area contributed by atoms with Gasteiger partial charge in [-0.05, 0) is 18.8 Å². The molecule has 1 N–H and O–H groups in total. The third-order valence-electron chi connectivity index (χ3n) is 3.01. The lowest BCUT2D eigenvalue weighted by atomic mass is 10.2. The highest BCUT2D eigenvalue weighted by molar-refractivity contribution is 5.72. The summed E-state index contributed by atoms with van der Waals surface area (Å²) in [4.78, 5) is 13.2. The first-order chi connectivity index (χ1) is 7.24. The fourth-order valence-electron chi connectivity index (χ4n) is 1.99. The van der Waals surface area contributed by atoms with Gasteiger partial charge in [-0.3, -0.25) is 9.69 Å². The molecule has 0 aromatic carbocycles. The predicted molar refractivity (Wildman–Crippen MR) is 57.6 cm³/mol. The summed E-state index contributed by atoms with van der Waals surface area (Å²) in [6.07, 6.45) is 2.97. The Morgan fingerprint density at radius 2 is 2.33 bits per heavy atom. The van der Waals surface area contributed by atoms with Gasteiger partial charge < -0.3 is 10.1 Å². The highest BCUT2D eigenvalue weighted by atomic mass is 16.5. The van der Waals surface area contributed by atoms with Gasteiger partial charge in [0.1, 0.15) is 0 Å². The van der Waals surface area contributed by atoms with E-state index in [1.807, 2.05) is 0 Å². The average Bonchev–Trinajstić information content (AvgIpc) is 2.99. The fourth-order valence-corrected chi connectivity index (χ4v) is 1.99. The van der Waals surface area contributed by atoms with Gasteiger partial charge in [-0.15, -0.1) is 0 Å². The van der Waals surface area contributed by atoms with E-state index >= 15 is 0 Å². The van der Waals surface area contributed by atoms with Gasteiger partial charge in [-0.1, -0.05) is 0 Å². The van der Waals surface area contributed by atoms with Crippen molar-refractivity contribution >= 4 is 5.91 Å². The lowest BCUT2D eigenvalue weighted by Crippen LogP contribution is -2.47. The van der Waals surface area contributed by atoms with Crippen LogP contribution in [0, 0.1) is 5.92 Å². The monoisotopic (exact) mass is 212 g/mol. The number of nitrogens with zero attached hydrogens (tertiary/aromatic N) is 1. The number of carbonyl (C=O) groups excluding carboxylic acids is 1. The van der Waals surface area contributed by atoms with Crippen LogP contribution in [-0.2, 0) is 9.53 Å². The molecule has 1 saturated heterocycles. The lowest BCUT2D eigenvalue weighted by molar-refractivity contribution is -0.120. The van der Waals surface area contributed by atoms with Crippen molar-refractivity contribution in [3.63, 3.8) is 0 Å². The van der Waals surface area contributed by atoms with Crippen molar-refractivity contribution in [2.75, 3.05) is 32.8 Å². The second-order valence-electron chi connectivity index (χ2n) is 4.63. The maximum Gasteiger partial charge on any atom is 0.216 e. The highest BCUT2D eigenvalue weighted by Crippen LogP contribution is 2.30. The normalized spacial score (nSPS) is 27.7. The van der Waals surface area contributed by atoms with E-state index in [-0.39, 0.29) is 12.0 Å². The van der Waals surface area contributed by atoms with Crippen LogP contribution in [0.5, 0.6) is 0 Å². The molecule has 1 aliphatic carbocycles. The Bertz CT molecular complexity index is 229. The summed E-state index contributed by atoms with van der Waals surface area (Å²) in [5.41, 5.74) is 0. The molecule has 4 nitrogen and oxygen atoms in total. The zero-order chi connectivity index (χ0) is 10.7. The average molecular weight is 212 g/mol. The van der Waals surface area contributed by atoms with E-state index in [0.29, 0.717) is 6.54 Å². The Morgan fingerprint density at radius 1 is 1.53 bits per heavy atom. The summed E-state index contributed by atoms with van der Waals surface area (Å²) in [6, 6.07) is 0. The number of hydrogen-bond donors (Lipinski definition) is 1. The largest absolute Gasteiger partial charge is 0.374 e. The topological polar surface area (TPSA) is 41.6 Å². The van der Waals surface area contributed by atoms with Crippen LogP contribution in [0.2, 0.25) is 0 Å². The van der Waals surface area contributed by atoms with E-state index in [0.717, 1.165) is 25.6 Å². The van der Waals surface area contributed by atoms with Gasteiger partial charge in [0.05, 0.1) is 12.7 Å². The molecular formula is C11H20N2O2. The molecule has 1 aliphatic heterocycles. The molecule has 15 heavy (non-hydrogen) atoms. The van der Waals surface area contributed by atoms with Gasteiger partial charge >= 0.3 is 0 Å². The van der Waals surface area contributed by atoms with E-state index in [9.17, 15) is 4.79 Å². The summed E-state index contributed by atoms with van der Waals surface area (Å²) in [5.74, 6) is 0.961. The highest BCUT2D eigenvalue weighted by Gasteiger charge is 2.27. The van der Waals surface area contributed by atoms with Crippen molar-refractivity contribution in [1.29, 1.82) is 0 Å². The molecule has 0 aromatic heterocycles. The smallest absolute Gasteiger partial charge is 0.216 e. The first-order valence-corrected chi connectivity index (χ1v) is 5.82. The number of amides is 1. The number of nitrogens with one attached hydrogen (secondary N) is 1. The Kier molecular flexibility index (Phi) is 3.59. The molecule has 2 rings (SSSR count). The molecule has 1 saturated carbocycles. The summed E-state index contributed by atoms with van der Waals surface area (Å²) in [7, 11) is 0. The zero-order valence-electron chi connectivity index (χ0n) is 9.37. The molecule has 0 aromatic rings. The van der Waals surface area contributed by atoms with Gasteiger partial charge in [0.25, 0.3) is 0 Å². The van der Waals surface area contributed by atoms with Crippen LogP contribution in [-0.4, -0.2) is 49.7 Å². The summed E-state index contributed by atoms with van der Waals surface area (Å²) in [6.45, 7) is 6.24. The molecular weight excluding hydrogens is 192 g/mol. The second-order valence-corrected chi connectivity index (χ2v) is 4.63. The predicted octanol–water partition coefficient (Wildman–Crippen LogP) is 0.233. The lowest BCUT2D eigenvalue weighted by Gasteiger charge is -2.32. The van der Waals surface area contributed by atoms with Crippen molar-refractivity contribution in [1.82, 2.24) is 10.2 Å². The van der Waals surface area contributed by atoms with Gasteiger partial charge in [0.15, 0.2) is 0 Å². The van der Waals surface area contributed by atoms with E-state index in [1.165, 1.54) is 19.4 Å². The first kappa shape index (κ1) is 10.9. The van der Waals surface area contributed by atoms with Crippen LogP contribution in [0.3, 0.4) is 0 Å². The van der Waals surface area contributed by atoms with Crippen molar-refractivity contribution in [3.8, 4) is 0 Å². The minimum atomic E-state index is 0.0258. The Balaban J connectivity index is 1.68. The zero-order valence-corrected chi connectivity index (χ0v) is 9.37. The van der Waals surface area contributed by atoms with E-state index < -0.39 is 0 Å². The van der Waals surface area contributed by atoms with E-state index in [2.05, 4.69) is 10.2 Å². The summed E-state index contributed by atoms with van der Waals surface area (Å²) in [5, 5.41) is 2.81. The Hall–Kier alpha value is -0.610. The van der Waals surface area contributed by atoms with Crippen molar-refractivity contribution in [2.45, 2.75) is 25.9 Å². The molecule has 1 atom stereocenters. The van der Waals surface area contributed by atoms with Crippen LogP contribution in [0.15, 0.2) is 0 Å². The maximum absolute atomic E-state index is 10.8. The minimum Gasteiger partial charge on any atom is -0.374 e. The van der Waals surface area contributed by atoms with Gasteiger partial charge in [0.2, 0.25) is 5.91 Å². The SMILES string of the molecule is CC(=O)NC[C@@H]1CN(CC2CC2)CCO1. The third kappa shape index (κ3) is 3.80. The quantitative estimate of drug-likeness (QED) is 0.725. The molecule has 2 aliphatic rings. The summed E-state index contributed by atoms with van der Waals surface area (Å²) < 4.78 is 5.60. The van der Waals surface area contributed by atoms with Gasteiger partial charge in [-0.2, -0.15) is 0 Å². The number of rotatable bonds is 4. The van der Waals surface area contributed by atoms with Gasteiger partial charge in [0, 0.05) is 33.1 Å². The molecule has 86 valence electrons. The molecule has 1 amide bonds. The first-order valence-electron chi connectivity index (χ1n) is 5.82. The van der Waals surface area contributed by atoms with Crippen molar-refractivity contribution in [3.05, 3.63) is 0 Å². The molecule has 2 fully saturated rings. The second kappa shape index (κ2) is 4.94. The van der Waals surface area contributed by atoms with E-state index in [4.69, 9.17) is 4.74 Å². The van der Waals surface area contributed by atoms with Crippen LogP contribution >= 0.6 is 0 Å². The molecule has 4 heteroatoms. The van der Waals surface area contributed by atoms with Crippen LogP contribution in [0.4, 0.5) is 0 Å². The van der Waals surface area contributed by atoms with Gasteiger partial charge in [-0.25, -0.2) is 0 Å². The Labute approximate surface area is 91.0 Å². The number of hydrogen-bond acceptors (Lipinski definition) is 3. The van der Waals surface area contributed by atoms with E-state index in [1.54, 1.807) is 6.92 Å². The summed E-state index contributed by atoms with van der Waals surface area (Å²) >= 11 is 0. The fraction of sp³-hybridized carbons (Fsp3) is 0.909. The number of morpholine rings is 1. The Morgan fingerprint density at radius 3 is 3.00 bits per heavy atom. The van der Waals surface area contributed by atoms with Crippen LogP contribution in [0.1, 0.15) is 19.8 Å². The molecule has 0 unspecified atom stereocenters. The molecule has 0 radical (unpaired) electrons. The minimum absolute atomic E-state index is 0.0258. The molecule has 0 bridgehead atoms. The number of ether oxygens (including phenoxy) is 1. The standard InChI is InChI=1S/C11H20N2O2/c1-9(14)12-6-11-8-13(4-5-15-11)7-10-2-3-10/h10-11H,2-8H2,1H3,(H,12,14)/t11-/m1/s1. The molecule has 0 spiro atoms. The van der Waals surface area contributed by atoms with Crippen LogP contribution < -0.4 is 5.32 Å². The van der Waals surface area contributed by atoms with Crippen molar-refractivity contribution < 1.29 is 9.53 Å².